The maximum Gasteiger partial charge on any atom is 0.152 e. The van der Waals surface area contributed by atoms with Crippen LogP contribution in [0.3, 0.4) is 0 Å². The third kappa shape index (κ3) is 4.01. The summed E-state index contributed by atoms with van der Waals surface area (Å²) in [5.74, 6) is -0.108. The molecule has 0 fully saturated rings. The fourth-order valence-corrected chi connectivity index (χ4v) is 1.70. The van der Waals surface area contributed by atoms with Gasteiger partial charge >= 0.3 is 0 Å². The lowest BCUT2D eigenvalue weighted by atomic mass is 10.3. The number of hydrogen-bond donors (Lipinski definition) is 1. The Balaban J connectivity index is 3.94. The van der Waals surface area contributed by atoms with E-state index in [0.717, 1.165) is 0 Å². The molecule has 1 atom stereocenters. The molecule has 1 unspecified atom stereocenters. The number of halogens is 1. The van der Waals surface area contributed by atoms with Gasteiger partial charge in [0.05, 0.1) is 11.0 Å². The Hall–Kier alpha value is -0.160. The maximum absolute atomic E-state index is 12.5. The molecule has 2 N–H and O–H groups in total. The van der Waals surface area contributed by atoms with Crippen LogP contribution in [-0.2, 0) is 9.84 Å². The Bertz CT molecular complexity index is 213. The van der Waals surface area contributed by atoms with Gasteiger partial charge in [-0.15, -0.1) is 0 Å². The van der Waals surface area contributed by atoms with Crippen molar-refractivity contribution in [1.29, 1.82) is 0 Å². The zero-order valence-electron chi connectivity index (χ0n) is 7.46. The molecular formula is C7H16FNO2S. The average molecular weight is 197 g/mol. The van der Waals surface area contributed by atoms with E-state index in [1.54, 1.807) is 13.8 Å². The lowest BCUT2D eigenvalue weighted by molar-refractivity contribution is 0.333. The van der Waals surface area contributed by atoms with Crippen molar-refractivity contribution < 1.29 is 12.8 Å². The second-order valence-electron chi connectivity index (χ2n) is 3.04. The first kappa shape index (κ1) is 11.8. The van der Waals surface area contributed by atoms with Crippen LogP contribution in [-0.4, -0.2) is 32.1 Å². The monoisotopic (exact) mass is 197 g/mol. The summed E-state index contributed by atoms with van der Waals surface area (Å²) in [7, 11) is -3.10. The van der Waals surface area contributed by atoms with Crippen LogP contribution < -0.4 is 5.73 Å². The highest BCUT2D eigenvalue weighted by molar-refractivity contribution is 7.91. The predicted molar refractivity (Wildman–Crippen MR) is 47.5 cm³/mol. The summed E-state index contributed by atoms with van der Waals surface area (Å²) >= 11 is 0. The molecule has 74 valence electrons. The minimum atomic E-state index is -3.10. The standard InChI is InChI=1S/C7H16FNO2S/c1-6(2)12(10,11)4-3-7(8)5-9/h6-7H,3-5,9H2,1-2H3. The smallest absolute Gasteiger partial charge is 0.152 e. The van der Waals surface area contributed by atoms with Crippen molar-refractivity contribution in [3.63, 3.8) is 0 Å². The zero-order chi connectivity index (χ0) is 9.78. The molecule has 0 aromatic carbocycles. The van der Waals surface area contributed by atoms with Crippen molar-refractivity contribution in [3.05, 3.63) is 0 Å². The molecule has 0 aliphatic heterocycles. The van der Waals surface area contributed by atoms with Gasteiger partial charge in [0.1, 0.15) is 6.17 Å². The summed E-state index contributed by atoms with van der Waals surface area (Å²) in [6.45, 7) is 3.07. The molecule has 0 saturated heterocycles. The topological polar surface area (TPSA) is 60.2 Å². The maximum atomic E-state index is 12.5. The van der Waals surface area contributed by atoms with E-state index < -0.39 is 21.3 Å². The molecule has 0 spiro atoms. The first-order valence-corrected chi connectivity index (χ1v) is 5.67. The number of hydrogen-bond acceptors (Lipinski definition) is 3. The van der Waals surface area contributed by atoms with Gasteiger partial charge in [0.25, 0.3) is 0 Å². The largest absolute Gasteiger partial charge is 0.328 e. The highest BCUT2D eigenvalue weighted by Crippen LogP contribution is 2.05. The Morgan fingerprint density at radius 2 is 1.92 bits per heavy atom. The number of sulfone groups is 1. The first-order chi connectivity index (χ1) is 5.40. The van der Waals surface area contributed by atoms with Gasteiger partial charge in [0.2, 0.25) is 0 Å². The lowest BCUT2D eigenvalue weighted by Gasteiger charge is -2.08. The van der Waals surface area contributed by atoms with E-state index >= 15 is 0 Å². The minimum Gasteiger partial charge on any atom is -0.328 e. The van der Waals surface area contributed by atoms with E-state index in [1.807, 2.05) is 0 Å². The van der Waals surface area contributed by atoms with Gasteiger partial charge in [0.15, 0.2) is 9.84 Å². The van der Waals surface area contributed by atoms with Crippen molar-refractivity contribution in [2.75, 3.05) is 12.3 Å². The zero-order valence-corrected chi connectivity index (χ0v) is 8.27. The van der Waals surface area contributed by atoms with Gasteiger partial charge in [-0.25, -0.2) is 12.8 Å². The van der Waals surface area contributed by atoms with Gasteiger partial charge in [-0.05, 0) is 20.3 Å². The molecular weight excluding hydrogens is 181 g/mol. The SMILES string of the molecule is CC(C)S(=O)(=O)CCC(F)CN. The number of nitrogens with two attached hydrogens (primary N) is 1. The van der Waals surface area contributed by atoms with Crippen LogP contribution in [0.2, 0.25) is 0 Å². The summed E-state index contributed by atoms with van der Waals surface area (Å²) < 4.78 is 34.8. The third-order valence-electron chi connectivity index (χ3n) is 1.69. The quantitative estimate of drug-likeness (QED) is 0.698. The van der Waals surface area contributed by atoms with Crippen molar-refractivity contribution in [2.45, 2.75) is 31.7 Å². The van der Waals surface area contributed by atoms with Crippen molar-refractivity contribution in [1.82, 2.24) is 0 Å². The Kier molecular flexibility index (Phi) is 4.70. The molecule has 12 heavy (non-hydrogen) atoms. The molecule has 0 aliphatic carbocycles. The molecule has 0 aromatic rings. The molecule has 3 nitrogen and oxygen atoms in total. The highest BCUT2D eigenvalue weighted by Gasteiger charge is 2.17. The molecule has 0 radical (unpaired) electrons. The third-order valence-corrected chi connectivity index (χ3v) is 3.93. The van der Waals surface area contributed by atoms with Crippen LogP contribution in [0.25, 0.3) is 0 Å². The summed E-state index contributed by atoms with van der Waals surface area (Å²) in [5, 5.41) is -0.428. The highest BCUT2D eigenvalue weighted by atomic mass is 32.2. The molecule has 0 heterocycles. The molecule has 5 heteroatoms. The van der Waals surface area contributed by atoms with Crippen LogP contribution in [0.4, 0.5) is 4.39 Å². The predicted octanol–water partition coefficient (Wildman–Crippen LogP) is 0.497. The fraction of sp³-hybridized carbons (Fsp3) is 1.00. The first-order valence-electron chi connectivity index (χ1n) is 3.96. The van der Waals surface area contributed by atoms with E-state index in [2.05, 4.69) is 0 Å². The number of rotatable bonds is 5. The minimum absolute atomic E-state index is 0.0109. The second-order valence-corrected chi connectivity index (χ2v) is 5.71. The van der Waals surface area contributed by atoms with E-state index in [0.29, 0.717) is 0 Å². The van der Waals surface area contributed by atoms with Crippen molar-refractivity contribution >= 4 is 9.84 Å². The summed E-state index contributed by atoms with van der Waals surface area (Å²) in [6, 6.07) is 0. The number of alkyl halides is 1. The molecule has 0 saturated carbocycles. The van der Waals surface area contributed by atoms with Gasteiger partial charge in [-0.2, -0.15) is 0 Å². The van der Waals surface area contributed by atoms with Crippen LogP contribution in [0, 0.1) is 0 Å². The molecule has 0 bridgehead atoms. The van der Waals surface area contributed by atoms with E-state index in [9.17, 15) is 12.8 Å². The molecule has 0 amide bonds. The fourth-order valence-electron chi connectivity index (χ4n) is 0.646. The van der Waals surface area contributed by atoms with Crippen LogP contribution in [0.1, 0.15) is 20.3 Å². The Labute approximate surface area is 73.1 Å². The van der Waals surface area contributed by atoms with Gasteiger partial charge in [0, 0.05) is 6.54 Å². The van der Waals surface area contributed by atoms with Crippen molar-refractivity contribution in [3.8, 4) is 0 Å². The van der Waals surface area contributed by atoms with Crippen LogP contribution >= 0.6 is 0 Å². The second kappa shape index (κ2) is 4.77. The summed E-state index contributed by atoms with van der Waals surface area (Å²) in [6.07, 6.45) is -1.18. The lowest BCUT2D eigenvalue weighted by Crippen LogP contribution is -2.23. The normalized spacial score (nSPS) is 15.1. The van der Waals surface area contributed by atoms with Gasteiger partial charge in [-0.1, -0.05) is 0 Å². The molecule has 0 rings (SSSR count). The van der Waals surface area contributed by atoms with E-state index in [-0.39, 0.29) is 18.7 Å². The van der Waals surface area contributed by atoms with Gasteiger partial charge in [-0.3, -0.25) is 0 Å². The summed E-state index contributed by atoms with van der Waals surface area (Å²) in [4.78, 5) is 0. The molecule has 0 aliphatic rings. The summed E-state index contributed by atoms with van der Waals surface area (Å²) in [5.41, 5.74) is 5.01. The Morgan fingerprint density at radius 3 is 2.25 bits per heavy atom. The van der Waals surface area contributed by atoms with Gasteiger partial charge < -0.3 is 5.73 Å². The molecule has 0 aromatic heterocycles. The Morgan fingerprint density at radius 1 is 1.42 bits per heavy atom. The van der Waals surface area contributed by atoms with Crippen LogP contribution in [0.15, 0.2) is 0 Å². The van der Waals surface area contributed by atoms with E-state index in [4.69, 9.17) is 5.73 Å². The average Bonchev–Trinajstić information content (AvgIpc) is 2.00. The van der Waals surface area contributed by atoms with Crippen molar-refractivity contribution in [2.24, 2.45) is 5.73 Å². The van der Waals surface area contributed by atoms with Crippen LogP contribution in [0.5, 0.6) is 0 Å². The van der Waals surface area contributed by atoms with E-state index in [1.165, 1.54) is 0 Å².